The van der Waals surface area contributed by atoms with E-state index in [1.54, 1.807) is 6.33 Å². The van der Waals surface area contributed by atoms with Gasteiger partial charge < -0.3 is 10.2 Å². The average Bonchev–Trinajstić information content (AvgIpc) is 3.15. The van der Waals surface area contributed by atoms with E-state index < -0.39 is 0 Å². The molecule has 0 saturated heterocycles. The van der Waals surface area contributed by atoms with Crippen LogP contribution in [0.25, 0.3) is 5.69 Å². The molecular formula is C19H20ClN5OS. The molecule has 0 radical (unpaired) electrons. The second kappa shape index (κ2) is 9.43. The molecule has 1 amide bonds. The van der Waals surface area contributed by atoms with Crippen molar-refractivity contribution in [2.45, 2.75) is 5.16 Å². The molecule has 0 bridgehead atoms. The van der Waals surface area contributed by atoms with Gasteiger partial charge in [-0.05, 0) is 30.3 Å². The van der Waals surface area contributed by atoms with Gasteiger partial charge in [-0.2, -0.15) is 0 Å². The van der Waals surface area contributed by atoms with Crippen molar-refractivity contribution in [1.29, 1.82) is 0 Å². The van der Waals surface area contributed by atoms with Crippen LogP contribution in [-0.2, 0) is 4.79 Å². The summed E-state index contributed by atoms with van der Waals surface area (Å²) >= 11 is 7.38. The molecule has 1 N–H and O–H groups in total. The van der Waals surface area contributed by atoms with Gasteiger partial charge >= 0.3 is 0 Å². The standard InChI is InChI=1S/C19H20ClN5OS/c1-24(16-7-3-2-4-8-16)11-10-21-18(26)13-27-19-23-22-14-25(19)17-9-5-6-15(20)12-17/h2-9,12,14H,10-11,13H2,1H3,(H,21,26). The summed E-state index contributed by atoms with van der Waals surface area (Å²) < 4.78 is 1.81. The summed E-state index contributed by atoms with van der Waals surface area (Å²) in [4.78, 5) is 14.2. The molecule has 27 heavy (non-hydrogen) atoms. The highest BCUT2D eigenvalue weighted by molar-refractivity contribution is 7.99. The minimum absolute atomic E-state index is 0.0397. The number of carbonyl (C=O) groups is 1. The number of thioether (sulfide) groups is 1. The van der Waals surface area contributed by atoms with Gasteiger partial charge in [-0.25, -0.2) is 0 Å². The lowest BCUT2D eigenvalue weighted by Crippen LogP contribution is -2.33. The van der Waals surface area contributed by atoms with E-state index in [4.69, 9.17) is 11.6 Å². The van der Waals surface area contributed by atoms with Gasteiger partial charge in [0.05, 0.1) is 11.4 Å². The number of nitrogens with zero attached hydrogens (tertiary/aromatic N) is 4. The molecule has 1 aromatic heterocycles. The van der Waals surface area contributed by atoms with Gasteiger partial charge in [-0.3, -0.25) is 9.36 Å². The van der Waals surface area contributed by atoms with E-state index >= 15 is 0 Å². The van der Waals surface area contributed by atoms with E-state index in [0.29, 0.717) is 16.7 Å². The van der Waals surface area contributed by atoms with E-state index in [-0.39, 0.29) is 11.7 Å². The molecule has 0 fully saturated rings. The molecule has 0 atom stereocenters. The number of hydrogen-bond acceptors (Lipinski definition) is 5. The number of anilines is 1. The fourth-order valence-corrected chi connectivity index (χ4v) is 3.42. The van der Waals surface area contributed by atoms with Crippen LogP contribution in [0.1, 0.15) is 0 Å². The monoisotopic (exact) mass is 401 g/mol. The van der Waals surface area contributed by atoms with Gasteiger partial charge in [0.2, 0.25) is 5.91 Å². The Morgan fingerprint density at radius 2 is 2.04 bits per heavy atom. The number of carbonyl (C=O) groups excluding carboxylic acids is 1. The lowest BCUT2D eigenvalue weighted by Gasteiger charge is -2.19. The van der Waals surface area contributed by atoms with Crippen LogP contribution < -0.4 is 10.2 Å². The number of halogens is 1. The Morgan fingerprint density at radius 1 is 1.22 bits per heavy atom. The number of benzene rings is 2. The molecule has 140 valence electrons. The van der Waals surface area contributed by atoms with Crippen LogP contribution in [0, 0.1) is 0 Å². The molecule has 1 heterocycles. The Morgan fingerprint density at radius 3 is 2.81 bits per heavy atom. The first-order chi connectivity index (χ1) is 13.1. The first kappa shape index (κ1) is 19.3. The van der Waals surface area contributed by atoms with Gasteiger partial charge in [-0.1, -0.05) is 47.6 Å². The Hall–Kier alpha value is -2.51. The quantitative estimate of drug-likeness (QED) is 0.587. The normalized spacial score (nSPS) is 10.6. The van der Waals surface area contributed by atoms with Crippen LogP contribution in [0.3, 0.4) is 0 Å². The summed E-state index contributed by atoms with van der Waals surface area (Å²) in [7, 11) is 2.00. The highest BCUT2D eigenvalue weighted by atomic mass is 35.5. The van der Waals surface area contributed by atoms with Crippen molar-refractivity contribution in [2.75, 3.05) is 30.8 Å². The molecule has 2 aromatic carbocycles. The first-order valence-corrected chi connectivity index (χ1v) is 9.81. The second-order valence-electron chi connectivity index (χ2n) is 5.86. The maximum absolute atomic E-state index is 12.1. The minimum Gasteiger partial charge on any atom is -0.373 e. The van der Waals surface area contributed by atoms with Gasteiger partial charge in [-0.15, -0.1) is 10.2 Å². The Labute approximate surface area is 167 Å². The summed E-state index contributed by atoms with van der Waals surface area (Å²) in [5.74, 6) is 0.232. The van der Waals surface area contributed by atoms with Crippen LogP contribution in [-0.4, -0.2) is 46.6 Å². The van der Waals surface area contributed by atoms with E-state index in [1.807, 2.05) is 66.2 Å². The van der Waals surface area contributed by atoms with Crippen molar-refractivity contribution in [1.82, 2.24) is 20.1 Å². The number of para-hydroxylation sites is 1. The average molecular weight is 402 g/mol. The summed E-state index contributed by atoms with van der Waals surface area (Å²) in [6.07, 6.45) is 1.61. The van der Waals surface area contributed by atoms with Crippen molar-refractivity contribution < 1.29 is 4.79 Å². The second-order valence-corrected chi connectivity index (χ2v) is 7.24. The summed E-state index contributed by atoms with van der Waals surface area (Å²) in [6, 6.07) is 17.5. The van der Waals surface area contributed by atoms with Gasteiger partial charge in [0, 0.05) is 30.8 Å². The van der Waals surface area contributed by atoms with E-state index in [0.717, 1.165) is 17.9 Å². The van der Waals surface area contributed by atoms with E-state index in [2.05, 4.69) is 20.4 Å². The predicted octanol–water partition coefficient (Wildman–Crippen LogP) is 3.27. The molecule has 3 rings (SSSR count). The number of amides is 1. The topological polar surface area (TPSA) is 63.1 Å². The van der Waals surface area contributed by atoms with Crippen molar-refractivity contribution in [3.63, 3.8) is 0 Å². The summed E-state index contributed by atoms with van der Waals surface area (Å²) in [6.45, 7) is 1.31. The molecule has 0 aliphatic heterocycles. The molecule has 0 aliphatic rings. The summed E-state index contributed by atoms with van der Waals surface area (Å²) in [5.41, 5.74) is 1.98. The number of nitrogens with one attached hydrogen (secondary N) is 1. The molecule has 3 aromatic rings. The number of likely N-dealkylation sites (N-methyl/N-ethyl adjacent to an activating group) is 1. The zero-order valence-corrected chi connectivity index (χ0v) is 16.5. The highest BCUT2D eigenvalue weighted by Gasteiger charge is 2.10. The fourth-order valence-electron chi connectivity index (χ4n) is 2.48. The highest BCUT2D eigenvalue weighted by Crippen LogP contribution is 2.21. The minimum atomic E-state index is -0.0397. The third kappa shape index (κ3) is 5.48. The third-order valence-electron chi connectivity index (χ3n) is 3.90. The molecule has 8 heteroatoms. The lowest BCUT2D eigenvalue weighted by atomic mass is 10.3. The maximum Gasteiger partial charge on any atom is 0.230 e. The van der Waals surface area contributed by atoms with Gasteiger partial charge in [0.25, 0.3) is 0 Å². The van der Waals surface area contributed by atoms with E-state index in [9.17, 15) is 4.79 Å². The molecule has 0 aliphatic carbocycles. The zero-order chi connectivity index (χ0) is 19.1. The van der Waals surface area contributed by atoms with Crippen LogP contribution in [0.4, 0.5) is 5.69 Å². The van der Waals surface area contributed by atoms with Crippen LogP contribution in [0.15, 0.2) is 66.1 Å². The predicted molar refractivity (Wildman–Crippen MR) is 110 cm³/mol. The third-order valence-corrected chi connectivity index (χ3v) is 5.08. The van der Waals surface area contributed by atoms with Crippen molar-refractivity contribution in [3.8, 4) is 5.69 Å². The Kier molecular flexibility index (Phi) is 6.73. The van der Waals surface area contributed by atoms with Crippen LogP contribution in [0.5, 0.6) is 0 Å². The van der Waals surface area contributed by atoms with Gasteiger partial charge in [0.15, 0.2) is 5.16 Å². The smallest absolute Gasteiger partial charge is 0.230 e. The van der Waals surface area contributed by atoms with Crippen molar-refractivity contribution in [3.05, 3.63) is 65.9 Å². The Balaban J connectivity index is 1.47. The van der Waals surface area contributed by atoms with Crippen molar-refractivity contribution in [2.24, 2.45) is 0 Å². The SMILES string of the molecule is CN(CCNC(=O)CSc1nncn1-c1cccc(Cl)c1)c1ccccc1. The van der Waals surface area contributed by atoms with Crippen molar-refractivity contribution >= 4 is 35.0 Å². The fraction of sp³-hybridized carbons (Fsp3) is 0.211. The molecule has 0 saturated carbocycles. The first-order valence-electron chi connectivity index (χ1n) is 8.45. The maximum atomic E-state index is 12.1. The Bertz CT molecular complexity index is 887. The molecule has 6 nitrogen and oxygen atoms in total. The van der Waals surface area contributed by atoms with Gasteiger partial charge in [0.1, 0.15) is 6.33 Å². The van der Waals surface area contributed by atoms with Crippen LogP contribution in [0.2, 0.25) is 5.02 Å². The zero-order valence-electron chi connectivity index (χ0n) is 14.9. The lowest BCUT2D eigenvalue weighted by molar-refractivity contribution is -0.118. The molecule has 0 unspecified atom stereocenters. The summed E-state index contributed by atoms with van der Waals surface area (Å²) in [5, 5.41) is 12.2. The molecule has 0 spiro atoms. The molecular weight excluding hydrogens is 382 g/mol. The van der Waals surface area contributed by atoms with Crippen LogP contribution >= 0.6 is 23.4 Å². The largest absolute Gasteiger partial charge is 0.373 e. The number of aromatic nitrogens is 3. The van der Waals surface area contributed by atoms with E-state index in [1.165, 1.54) is 11.8 Å². The number of hydrogen-bond donors (Lipinski definition) is 1. The number of rotatable bonds is 8.